The number of aliphatic hydroxyl groups excluding tert-OH is 1. The van der Waals surface area contributed by atoms with Gasteiger partial charge in [-0.3, -0.25) is 0 Å². The first-order valence-electron chi connectivity index (χ1n) is 10.5. The van der Waals surface area contributed by atoms with Crippen molar-refractivity contribution in [3.8, 4) is 11.5 Å². The molecule has 0 fully saturated rings. The van der Waals surface area contributed by atoms with Crippen LogP contribution in [0.2, 0.25) is 0 Å². The molecule has 1 heterocycles. The molecule has 0 spiro atoms. The normalized spacial score (nSPS) is 11.8. The highest BCUT2D eigenvalue weighted by Crippen LogP contribution is 2.25. The maximum Gasteiger partial charge on any atom is 0.148 e. The number of aliphatic hydroxyl groups is 1. The molecule has 1 unspecified atom stereocenters. The molecule has 0 saturated heterocycles. The molecule has 1 aromatic heterocycles. The molecule has 0 aliphatic heterocycles. The molecule has 4 rings (SSSR count). The Balaban J connectivity index is 0.00000289. The molecule has 0 saturated carbocycles. The zero-order valence-corrected chi connectivity index (χ0v) is 19.4. The largest absolute Gasteiger partial charge is 0.491 e. The van der Waals surface area contributed by atoms with Crippen LogP contribution in [-0.2, 0) is 13.2 Å². The molecule has 5 nitrogen and oxygen atoms in total. The fourth-order valence-corrected chi connectivity index (χ4v) is 3.76. The lowest BCUT2D eigenvalue weighted by Gasteiger charge is -2.17. The Morgan fingerprint density at radius 1 is 0.906 bits per heavy atom. The van der Waals surface area contributed by atoms with E-state index in [-0.39, 0.29) is 19.0 Å². The van der Waals surface area contributed by atoms with Crippen molar-refractivity contribution < 1.29 is 14.6 Å². The van der Waals surface area contributed by atoms with Gasteiger partial charge in [0.15, 0.2) is 0 Å². The van der Waals surface area contributed by atoms with Gasteiger partial charge in [-0.05, 0) is 61.7 Å². The number of nitrogens with zero attached hydrogens (tertiary/aromatic N) is 2. The Kier molecular flexibility index (Phi) is 7.78. The van der Waals surface area contributed by atoms with Gasteiger partial charge in [0.05, 0.1) is 17.6 Å². The van der Waals surface area contributed by atoms with Crippen molar-refractivity contribution in [2.45, 2.75) is 40.0 Å². The molecule has 0 aliphatic rings. The molecule has 0 radical (unpaired) electrons. The molecule has 6 heteroatoms. The first-order chi connectivity index (χ1) is 15.0. The smallest absolute Gasteiger partial charge is 0.148 e. The number of imidazole rings is 1. The first kappa shape index (κ1) is 23.6. The minimum atomic E-state index is -0.683. The van der Waals surface area contributed by atoms with Gasteiger partial charge in [0.1, 0.15) is 36.6 Å². The summed E-state index contributed by atoms with van der Waals surface area (Å²) in [6, 6.07) is 21.9. The minimum absolute atomic E-state index is 0. The van der Waals surface area contributed by atoms with Crippen LogP contribution in [0.15, 0.2) is 66.7 Å². The number of aryl methyl sites for hydroxylation is 3. The van der Waals surface area contributed by atoms with Crippen molar-refractivity contribution in [2.75, 3.05) is 6.61 Å². The Morgan fingerprint density at radius 2 is 1.62 bits per heavy atom. The Hall–Kier alpha value is -3.02. The van der Waals surface area contributed by atoms with Crippen LogP contribution in [-0.4, -0.2) is 27.4 Å². The average Bonchev–Trinajstić information content (AvgIpc) is 3.09. The lowest BCUT2D eigenvalue weighted by molar-refractivity contribution is 0.0917. The van der Waals surface area contributed by atoms with Crippen molar-refractivity contribution in [2.24, 2.45) is 0 Å². The summed E-state index contributed by atoms with van der Waals surface area (Å²) in [6.07, 6.45) is -0.683. The minimum Gasteiger partial charge on any atom is -0.491 e. The fourth-order valence-electron chi connectivity index (χ4n) is 3.76. The van der Waals surface area contributed by atoms with Gasteiger partial charge in [-0.15, -0.1) is 12.4 Å². The van der Waals surface area contributed by atoms with Crippen molar-refractivity contribution in [3.63, 3.8) is 0 Å². The molecule has 1 atom stereocenters. The fraction of sp³-hybridized carbons (Fsp3) is 0.269. The van der Waals surface area contributed by atoms with E-state index in [2.05, 4.69) is 0 Å². The number of rotatable bonds is 8. The van der Waals surface area contributed by atoms with E-state index in [0.717, 1.165) is 45.0 Å². The molecule has 0 bridgehead atoms. The molecular formula is C26H29ClN2O3. The van der Waals surface area contributed by atoms with Crippen LogP contribution in [0.1, 0.15) is 22.5 Å². The van der Waals surface area contributed by atoms with Gasteiger partial charge in [0, 0.05) is 0 Å². The van der Waals surface area contributed by atoms with Gasteiger partial charge >= 0.3 is 0 Å². The van der Waals surface area contributed by atoms with E-state index >= 15 is 0 Å². The summed E-state index contributed by atoms with van der Waals surface area (Å²) >= 11 is 0. The third-order valence-corrected chi connectivity index (χ3v) is 5.31. The van der Waals surface area contributed by atoms with Gasteiger partial charge < -0.3 is 19.1 Å². The number of para-hydroxylation sites is 3. The highest BCUT2D eigenvalue weighted by molar-refractivity contribution is 5.85. The van der Waals surface area contributed by atoms with Crippen LogP contribution in [0.4, 0.5) is 0 Å². The summed E-state index contributed by atoms with van der Waals surface area (Å²) in [7, 11) is 0. The number of fused-ring (bicyclic) bond motifs is 1. The van der Waals surface area contributed by atoms with Crippen molar-refractivity contribution in [1.82, 2.24) is 9.55 Å². The van der Waals surface area contributed by atoms with Crippen LogP contribution in [0.5, 0.6) is 11.5 Å². The van der Waals surface area contributed by atoms with E-state index in [1.165, 1.54) is 0 Å². The van der Waals surface area contributed by atoms with Gasteiger partial charge in [-0.25, -0.2) is 4.98 Å². The van der Waals surface area contributed by atoms with Gasteiger partial charge in [-0.1, -0.05) is 42.5 Å². The van der Waals surface area contributed by atoms with E-state index in [1.54, 1.807) is 0 Å². The number of aromatic nitrogens is 2. The van der Waals surface area contributed by atoms with E-state index in [1.807, 2.05) is 92.1 Å². The predicted molar refractivity (Wildman–Crippen MR) is 130 cm³/mol. The van der Waals surface area contributed by atoms with Crippen LogP contribution < -0.4 is 9.47 Å². The Labute approximate surface area is 195 Å². The SMILES string of the molecule is Cc1cccc(OCC(O)Cn2c(COc3c(C)cccc3C)nc3ccccc32)c1.Cl. The molecule has 3 aromatic carbocycles. The Bertz CT molecular complexity index is 1170. The molecule has 4 aromatic rings. The van der Waals surface area contributed by atoms with E-state index in [9.17, 15) is 5.11 Å². The summed E-state index contributed by atoms with van der Waals surface area (Å²) in [5.41, 5.74) is 5.16. The maximum atomic E-state index is 10.7. The van der Waals surface area contributed by atoms with E-state index in [0.29, 0.717) is 13.2 Å². The second-order valence-corrected chi connectivity index (χ2v) is 7.92. The number of benzene rings is 3. The van der Waals surface area contributed by atoms with Crippen molar-refractivity contribution >= 4 is 23.4 Å². The second-order valence-electron chi connectivity index (χ2n) is 7.92. The lowest BCUT2D eigenvalue weighted by Crippen LogP contribution is -2.25. The highest BCUT2D eigenvalue weighted by Gasteiger charge is 2.16. The maximum absolute atomic E-state index is 10.7. The standard InChI is InChI=1S/C26H28N2O3.ClH/c1-18-8-6-11-22(14-18)30-16-21(29)15-28-24-13-5-4-12-23(24)27-25(28)17-31-26-19(2)9-7-10-20(26)3;/h4-14,21,29H,15-17H2,1-3H3;1H. The zero-order valence-electron chi connectivity index (χ0n) is 18.6. The van der Waals surface area contributed by atoms with Crippen LogP contribution in [0.25, 0.3) is 11.0 Å². The third-order valence-electron chi connectivity index (χ3n) is 5.31. The zero-order chi connectivity index (χ0) is 21.8. The summed E-state index contributed by atoms with van der Waals surface area (Å²) in [5.74, 6) is 2.41. The van der Waals surface area contributed by atoms with E-state index in [4.69, 9.17) is 14.5 Å². The van der Waals surface area contributed by atoms with Crippen molar-refractivity contribution in [3.05, 3.63) is 89.2 Å². The molecule has 1 N–H and O–H groups in total. The first-order valence-corrected chi connectivity index (χ1v) is 10.5. The topological polar surface area (TPSA) is 56.5 Å². The number of halogens is 1. The van der Waals surface area contributed by atoms with Gasteiger partial charge in [0.25, 0.3) is 0 Å². The predicted octanol–water partition coefficient (Wildman–Crippen LogP) is 5.40. The molecule has 0 aliphatic carbocycles. The van der Waals surface area contributed by atoms with Crippen LogP contribution >= 0.6 is 12.4 Å². The summed E-state index contributed by atoms with van der Waals surface area (Å²) in [4.78, 5) is 4.76. The quantitative estimate of drug-likeness (QED) is 0.388. The van der Waals surface area contributed by atoms with Gasteiger partial charge in [0.2, 0.25) is 0 Å². The summed E-state index contributed by atoms with van der Waals surface area (Å²) < 4.78 is 14.0. The Morgan fingerprint density at radius 3 is 2.38 bits per heavy atom. The average molecular weight is 453 g/mol. The van der Waals surface area contributed by atoms with Crippen LogP contribution in [0, 0.1) is 20.8 Å². The third kappa shape index (κ3) is 5.42. The van der Waals surface area contributed by atoms with Gasteiger partial charge in [-0.2, -0.15) is 0 Å². The van der Waals surface area contributed by atoms with Crippen molar-refractivity contribution in [1.29, 1.82) is 0 Å². The monoisotopic (exact) mass is 452 g/mol. The number of ether oxygens (including phenoxy) is 2. The number of hydrogen-bond donors (Lipinski definition) is 1. The summed E-state index contributed by atoms with van der Waals surface area (Å²) in [6.45, 7) is 7.00. The molecule has 0 amide bonds. The number of hydrogen-bond acceptors (Lipinski definition) is 4. The highest BCUT2D eigenvalue weighted by atomic mass is 35.5. The molecule has 168 valence electrons. The second kappa shape index (κ2) is 10.5. The molecule has 32 heavy (non-hydrogen) atoms. The molecular weight excluding hydrogens is 424 g/mol. The summed E-state index contributed by atoms with van der Waals surface area (Å²) in [5, 5.41) is 10.7. The van der Waals surface area contributed by atoms with Crippen LogP contribution in [0.3, 0.4) is 0 Å². The lowest BCUT2D eigenvalue weighted by atomic mass is 10.1. The van der Waals surface area contributed by atoms with E-state index < -0.39 is 6.10 Å².